The van der Waals surface area contributed by atoms with Crippen LogP contribution in [0.1, 0.15) is 18.9 Å². The van der Waals surface area contributed by atoms with Crippen molar-refractivity contribution in [3.8, 4) is 0 Å². The molecule has 0 aliphatic carbocycles. The molecule has 4 heteroatoms. The first-order chi connectivity index (χ1) is 7.49. The minimum Gasteiger partial charge on any atom is -0.393 e. The van der Waals surface area contributed by atoms with Gasteiger partial charge in [-0.15, -0.1) is 0 Å². The second-order valence-electron chi connectivity index (χ2n) is 4.11. The highest BCUT2D eigenvalue weighted by molar-refractivity contribution is 6.30. The van der Waals surface area contributed by atoms with Gasteiger partial charge in [-0.3, -0.25) is 0 Å². The number of aliphatic hydroxyl groups excluding tert-OH is 1. The van der Waals surface area contributed by atoms with Crippen LogP contribution in [0.2, 0.25) is 5.02 Å². The Hall–Kier alpha value is -0.640. The molecule has 1 unspecified atom stereocenters. The summed E-state index contributed by atoms with van der Waals surface area (Å²) in [5.74, 6) is -0.242. The fourth-order valence-electron chi connectivity index (χ4n) is 1.44. The van der Waals surface area contributed by atoms with Gasteiger partial charge in [-0.05, 0) is 38.6 Å². The highest BCUT2D eigenvalue weighted by atomic mass is 35.5. The van der Waals surface area contributed by atoms with Crippen LogP contribution in [0, 0.1) is 5.82 Å². The molecule has 1 aromatic carbocycles. The van der Waals surface area contributed by atoms with Gasteiger partial charge in [0.2, 0.25) is 0 Å². The van der Waals surface area contributed by atoms with Gasteiger partial charge in [0.1, 0.15) is 5.82 Å². The Balaban J connectivity index is 2.55. The lowest BCUT2D eigenvalue weighted by Gasteiger charge is -2.18. The first kappa shape index (κ1) is 13.4. The molecule has 0 radical (unpaired) electrons. The molecule has 0 saturated carbocycles. The van der Waals surface area contributed by atoms with Gasteiger partial charge in [0.15, 0.2) is 0 Å². The molecule has 90 valence electrons. The van der Waals surface area contributed by atoms with E-state index in [4.69, 9.17) is 16.7 Å². The van der Waals surface area contributed by atoms with Crippen LogP contribution in [0.3, 0.4) is 0 Å². The van der Waals surface area contributed by atoms with Gasteiger partial charge in [0.05, 0.1) is 6.10 Å². The largest absolute Gasteiger partial charge is 0.393 e. The number of aliphatic hydroxyl groups is 1. The average molecular weight is 246 g/mol. The van der Waals surface area contributed by atoms with E-state index in [0.29, 0.717) is 23.6 Å². The van der Waals surface area contributed by atoms with E-state index in [0.717, 1.165) is 6.54 Å². The predicted molar refractivity (Wildman–Crippen MR) is 64.0 cm³/mol. The number of hydrogen-bond acceptors (Lipinski definition) is 2. The van der Waals surface area contributed by atoms with Crippen molar-refractivity contribution in [3.05, 3.63) is 34.6 Å². The lowest BCUT2D eigenvalue weighted by atomic mass is 10.2. The average Bonchev–Trinajstić information content (AvgIpc) is 2.20. The number of benzene rings is 1. The lowest BCUT2D eigenvalue weighted by Crippen LogP contribution is -2.22. The summed E-state index contributed by atoms with van der Waals surface area (Å²) in [6, 6.07) is 4.55. The molecule has 1 rings (SSSR count). The van der Waals surface area contributed by atoms with Gasteiger partial charge in [-0.25, -0.2) is 4.39 Å². The maximum atomic E-state index is 13.4. The molecule has 16 heavy (non-hydrogen) atoms. The van der Waals surface area contributed by atoms with E-state index in [9.17, 15) is 4.39 Å². The van der Waals surface area contributed by atoms with Crippen molar-refractivity contribution < 1.29 is 9.50 Å². The molecule has 0 fully saturated rings. The highest BCUT2D eigenvalue weighted by Gasteiger charge is 2.07. The Bertz CT molecular complexity index is 344. The zero-order valence-electron chi connectivity index (χ0n) is 9.58. The summed E-state index contributed by atoms with van der Waals surface area (Å²) in [5.41, 5.74) is 0.584. The summed E-state index contributed by atoms with van der Waals surface area (Å²) in [6.07, 6.45) is 0.352. The molecule has 0 aliphatic heterocycles. The molecule has 0 bridgehead atoms. The van der Waals surface area contributed by atoms with Crippen LogP contribution in [0.4, 0.5) is 4.39 Å². The predicted octanol–water partition coefficient (Wildman–Crippen LogP) is 2.68. The second kappa shape index (κ2) is 6.18. The second-order valence-corrected chi connectivity index (χ2v) is 4.55. The molecule has 0 heterocycles. The molecule has 1 atom stereocenters. The monoisotopic (exact) mass is 245 g/mol. The molecule has 1 aromatic rings. The fourth-order valence-corrected chi connectivity index (χ4v) is 1.64. The SMILES string of the molecule is CC(O)CCN(C)Cc1cc(Cl)ccc1F. The highest BCUT2D eigenvalue weighted by Crippen LogP contribution is 2.16. The van der Waals surface area contributed by atoms with Crippen molar-refractivity contribution in [3.63, 3.8) is 0 Å². The third-order valence-corrected chi connectivity index (χ3v) is 2.61. The van der Waals surface area contributed by atoms with Crippen molar-refractivity contribution in [2.75, 3.05) is 13.6 Å². The quantitative estimate of drug-likeness (QED) is 0.862. The summed E-state index contributed by atoms with van der Waals surface area (Å²) >= 11 is 5.80. The number of nitrogens with zero attached hydrogens (tertiary/aromatic N) is 1. The van der Waals surface area contributed by atoms with Crippen LogP contribution in [0.15, 0.2) is 18.2 Å². The van der Waals surface area contributed by atoms with Crippen molar-refractivity contribution in [1.29, 1.82) is 0 Å². The normalized spacial score (nSPS) is 13.1. The van der Waals surface area contributed by atoms with Gasteiger partial charge < -0.3 is 10.0 Å². The van der Waals surface area contributed by atoms with E-state index >= 15 is 0 Å². The smallest absolute Gasteiger partial charge is 0.127 e. The van der Waals surface area contributed by atoms with Gasteiger partial charge in [0.25, 0.3) is 0 Å². The summed E-state index contributed by atoms with van der Waals surface area (Å²) in [5, 5.41) is 9.69. The van der Waals surface area contributed by atoms with Crippen LogP contribution in [0.25, 0.3) is 0 Å². The third kappa shape index (κ3) is 4.47. The number of halogens is 2. The molecule has 0 aliphatic rings. The Morgan fingerprint density at radius 2 is 2.19 bits per heavy atom. The molecule has 0 amide bonds. The van der Waals surface area contributed by atoms with Crippen molar-refractivity contribution in [2.24, 2.45) is 0 Å². The summed E-state index contributed by atoms with van der Waals surface area (Å²) in [7, 11) is 1.89. The van der Waals surface area contributed by atoms with Gasteiger partial charge >= 0.3 is 0 Å². The van der Waals surface area contributed by atoms with Crippen LogP contribution in [-0.2, 0) is 6.54 Å². The maximum Gasteiger partial charge on any atom is 0.127 e. The topological polar surface area (TPSA) is 23.5 Å². The fraction of sp³-hybridized carbons (Fsp3) is 0.500. The Morgan fingerprint density at radius 3 is 2.81 bits per heavy atom. The Labute approximate surface area is 101 Å². The van der Waals surface area contributed by atoms with Crippen LogP contribution < -0.4 is 0 Å². The standard InChI is InChI=1S/C12H17ClFNO/c1-9(16)5-6-15(2)8-10-7-11(13)3-4-12(10)14/h3-4,7,9,16H,5-6,8H2,1-2H3. The summed E-state index contributed by atoms with van der Waals surface area (Å²) in [4.78, 5) is 1.96. The lowest BCUT2D eigenvalue weighted by molar-refractivity contribution is 0.162. The van der Waals surface area contributed by atoms with Crippen LogP contribution in [0.5, 0.6) is 0 Å². The third-order valence-electron chi connectivity index (χ3n) is 2.38. The molecule has 0 aromatic heterocycles. The summed E-state index contributed by atoms with van der Waals surface area (Å²) < 4.78 is 13.4. The first-order valence-electron chi connectivity index (χ1n) is 5.29. The van der Waals surface area contributed by atoms with Gasteiger partial charge in [-0.1, -0.05) is 11.6 Å². The summed E-state index contributed by atoms with van der Waals surface area (Å²) in [6.45, 7) is 2.97. The molecular weight excluding hydrogens is 229 g/mol. The van der Waals surface area contributed by atoms with Crippen LogP contribution >= 0.6 is 11.6 Å². The van der Waals surface area contributed by atoms with Gasteiger partial charge in [-0.2, -0.15) is 0 Å². The first-order valence-corrected chi connectivity index (χ1v) is 5.67. The zero-order chi connectivity index (χ0) is 12.1. The van der Waals surface area contributed by atoms with E-state index in [2.05, 4.69) is 0 Å². The molecule has 0 spiro atoms. The number of rotatable bonds is 5. The number of hydrogen-bond donors (Lipinski definition) is 1. The molecule has 2 nitrogen and oxygen atoms in total. The van der Waals surface area contributed by atoms with E-state index in [-0.39, 0.29) is 11.9 Å². The molecule has 1 N–H and O–H groups in total. The maximum absolute atomic E-state index is 13.4. The van der Waals surface area contributed by atoms with E-state index < -0.39 is 0 Å². The van der Waals surface area contributed by atoms with E-state index in [1.165, 1.54) is 12.1 Å². The minimum absolute atomic E-state index is 0.242. The van der Waals surface area contributed by atoms with Crippen LogP contribution in [-0.4, -0.2) is 29.7 Å². The Morgan fingerprint density at radius 1 is 1.50 bits per heavy atom. The molecular formula is C12H17ClFNO. The van der Waals surface area contributed by atoms with Crippen molar-refractivity contribution >= 4 is 11.6 Å². The van der Waals surface area contributed by atoms with E-state index in [1.54, 1.807) is 13.0 Å². The van der Waals surface area contributed by atoms with E-state index in [1.807, 2.05) is 11.9 Å². The zero-order valence-corrected chi connectivity index (χ0v) is 10.3. The van der Waals surface area contributed by atoms with Gasteiger partial charge in [0, 0.05) is 23.7 Å². The van der Waals surface area contributed by atoms with Crippen molar-refractivity contribution in [1.82, 2.24) is 4.90 Å². The Kier molecular flexibility index (Phi) is 5.19. The van der Waals surface area contributed by atoms with Crippen molar-refractivity contribution in [2.45, 2.75) is 26.0 Å². The molecule has 0 saturated heterocycles. The minimum atomic E-state index is -0.327.